The lowest BCUT2D eigenvalue weighted by Crippen LogP contribution is -2.45. The number of aromatic nitrogens is 2. The minimum absolute atomic E-state index is 0.0709. The highest BCUT2D eigenvalue weighted by molar-refractivity contribution is 7.86. The Morgan fingerprint density at radius 1 is 1.04 bits per heavy atom. The van der Waals surface area contributed by atoms with Crippen molar-refractivity contribution < 1.29 is 8.42 Å². The molecule has 1 N–H and O–H groups in total. The zero-order valence-corrected chi connectivity index (χ0v) is 17.1. The number of hydrogen-bond acceptors (Lipinski definition) is 6. The van der Waals surface area contributed by atoms with Crippen LogP contribution in [0.2, 0.25) is 0 Å². The highest BCUT2D eigenvalue weighted by Gasteiger charge is 2.38. The van der Waals surface area contributed by atoms with Crippen molar-refractivity contribution in [2.24, 2.45) is 0 Å². The van der Waals surface area contributed by atoms with Crippen LogP contribution in [-0.4, -0.2) is 78.7 Å². The molecule has 0 saturated carbocycles. The van der Waals surface area contributed by atoms with Gasteiger partial charge in [0.05, 0.1) is 5.69 Å². The molecule has 27 heavy (non-hydrogen) atoms. The van der Waals surface area contributed by atoms with E-state index in [4.69, 9.17) is 9.97 Å². The van der Waals surface area contributed by atoms with Crippen LogP contribution in [0.4, 0.5) is 5.82 Å². The van der Waals surface area contributed by atoms with Gasteiger partial charge in [0.15, 0.2) is 0 Å². The first-order chi connectivity index (χ1) is 13.0. The Labute approximate surface area is 162 Å². The molecule has 1 aromatic rings. The lowest BCUT2D eigenvalue weighted by atomic mass is 10.0. The van der Waals surface area contributed by atoms with E-state index in [9.17, 15) is 8.42 Å². The maximum Gasteiger partial charge on any atom is 0.281 e. The zero-order chi connectivity index (χ0) is 19.0. The van der Waals surface area contributed by atoms with Gasteiger partial charge in [-0.1, -0.05) is 6.42 Å². The van der Waals surface area contributed by atoms with E-state index in [1.54, 1.807) is 8.61 Å². The molecule has 0 unspecified atom stereocenters. The quantitative estimate of drug-likeness (QED) is 0.821. The van der Waals surface area contributed by atoms with Crippen molar-refractivity contribution in [3.63, 3.8) is 0 Å². The Morgan fingerprint density at radius 3 is 2.56 bits per heavy atom. The van der Waals surface area contributed by atoms with E-state index >= 15 is 0 Å². The van der Waals surface area contributed by atoms with E-state index in [0.29, 0.717) is 26.2 Å². The molecule has 3 aliphatic rings. The van der Waals surface area contributed by atoms with Crippen molar-refractivity contribution in [1.29, 1.82) is 0 Å². The van der Waals surface area contributed by atoms with Crippen LogP contribution in [0.5, 0.6) is 0 Å². The van der Waals surface area contributed by atoms with Gasteiger partial charge in [0, 0.05) is 64.2 Å². The molecule has 0 aliphatic carbocycles. The second-order valence-electron chi connectivity index (χ2n) is 7.90. The summed E-state index contributed by atoms with van der Waals surface area (Å²) in [5, 5.41) is 3.21. The van der Waals surface area contributed by atoms with E-state index in [0.717, 1.165) is 62.5 Å². The number of nitrogens with one attached hydrogen (secondary N) is 1. The van der Waals surface area contributed by atoms with Crippen molar-refractivity contribution in [3.05, 3.63) is 17.1 Å². The number of hydrogen-bond donors (Lipinski definition) is 1. The van der Waals surface area contributed by atoms with Crippen LogP contribution in [0.1, 0.15) is 48.7 Å². The second-order valence-corrected chi connectivity index (χ2v) is 9.83. The van der Waals surface area contributed by atoms with E-state index in [1.165, 1.54) is 5.56 Å². The van der Waals surface area contributed by atoms with Crippen molar-refractivity contribution >= 4 is 16.0 Å². The highest BCUT2D eigenvalue weighted by atomic mass is 32.2. The lowest BCUT2D eigenvalue weighted by Gasteiger charge is -2.30. The summed E-state index contributed by atoms with van der Waals surface area (Å²) in [6.45, 7) is 4.19. The fraction of sp³-hybridized carbons (Fsp3) is 0.778. The van der Waals surface area contributed by atoms with Gasteiger partial charge in [0.2, 0.25) is 0 Å². The van der Waals surface area contributed by atoms with Crippen LogP contribution in [-0.2, 0) is 23.2 Å². The molecule has 9 heteroatoms. The third-order valence-electron chi connectivity index (χ3n) is 5.99. The molecule has 0 bridgehead atoms. The number of likely N-dealkylation sites (N-methyl/N-ethyl adjacent to an activating group) is 1. The van der Waals surface area contributed by atoms with Gasteiger partial charge in [0.1, 0.15) is 11.6 Å². The highest BCUT2D eigenvalue weighted by Crippen LogP contribution is 2.31. The summed E-state index contributed by atoms with van der Waals surface area (Å²) >= 11 is 0. The summed E-state index contributed by atoms with van der Waals surface area (Å²) < 4.78 is 29.2. The van der Waals surface area contributed by atoms with Crippen LogP contribution >= 0.6 is 0 Å². The molecule has 0 aromatic carbocycles. The molecule has 0 amide bonds. The molecule has 4 rings (SSSR count). The molecule has 150 valence electrons. The Balaban J connectivity index is 1.53. The van der Waals surface area contributed by atoms with Crippen LogP contribution in [0, 0.1) is 0 Å². The maximum absolute atomic E-state index is 12.9. The number of fused-ring (bicyclic) bond motifs is 1. The van der Waals surface area contributed by atoms with Crippen molar-refractivity contribution in [2.45, 2.75) is 44.6 Å². The van der Waals surface area contributed by atoms with Crippen molar-refractivity contribution in [2.75, 3.05) is 52.1 Å². The summed E-state index contributed by atoms with van der Waals surface area (Å²) in [6, 6.07) is 0. The lowest BCUT2D eigenvalue weighted by molar-refractivity contribution is 0.308. The zero-order valence-electron chi connectivity index (χ0n) is 16.3. The summed E-state index contributed by atoms with van der Waals surface area (Å²) in [5.74, 6) is 1.75. The Bertz CT molecular complexity index is 776. The smallest absolute Gasteiger partial charge is 0.281 e. The maximum atomic E-state index is 12.9. The molecule has 2 fully saturated rings. The predicted molar refractivity (Wildman–Crippen MR) is 105 cm³/mol. The molecule has 2 saturated heterocycles. The number of anilines is 1. The third-order valence-corrected chi connectivity index (χ3v) is 7.99. The van der Waals surface area contributed by atoms with E-state index < -0.39 is 10.2 Å². The Hall–Kier alpha value is -1.29. The summed E-state index contributed by atoms with van der Waals surface area (Å²) in [5.41, 5.74) is 2.28. The predicted octanol–water partition coefficient (Wildman–Crippen LogP) is 1.03. The first-order valence-corrected chi connectivity index (χ1v) is 11.4. The molecule has 4 heterocycles. The van der Waals surface area contributed by atoms with Gasteiger partial charge < -0.3 is 10.2 Å². The standard InChI is InChI=1S/C18H30N6O2S/c1-19-18-15-13-22(2)10-7-16(15)20-17(21-18)14-6-11-24(12-14)27(25,26)23-8-4-3-5-9-23/h14H,3-13H2,1-2H3,(H,19,20,21)/t14-/m0/s1. The van der Waals surface area contributed by atoms with E-state index in [1.807, 2.05) is 7.05 Å². The topological polar surface area (TPSA) is 81.7 Å². The summed E-state index contributed by atoms with van der Waals surface area (Å²) in [6.07, 6.45) is 4.75. The SMILES string of the molecule is CNc1nc([C@H]2CCN(S(=O)(=O)N3CCCCC3)C2)nc2c1CN(C)CC2. The average molecular weight is 395 g/mol. The van der Waals surface area contributed by atoms with E-state index in [2.05, 4.69) is 17.3 Å². The van der Waals surface area contributed by atoms with E-state index in [-0.39, 0.29) is 5.92 Å². The normalized spacial score (nSPS) is 25.5. The summed E-state index contributed by atoms with van der Waals surface area (Å²) in [7, 11) is 0.645. The molecule has 0 radical (unpaired) electrons. The molecule has 1 aromatic heterocycles. The van der Waals surface area contributed by atoms with Gasteiger partial charge in [0.25, 0.3) is 10.2 Å². The average Bonchev–Trinajstić information content (AvgIpc) is 3.19. The van der Waals surface area contributed by atoms with Crippen LogP contribution in [0.15, 0.2) is 0 Å². The Kier molecular flexibility index (Phi) is 5.37. The van der Waals surface area contributed by atoms with Crippen LogP contribution in [0.3, 0.4) is 0 Å². The minimum atomic E-state index is -3.35. The summed E-state index contributed by atoms with van der Waals surface area (Å²) in [4.78, 5) is 11.9. The van der Waals surface area contributed by atoms with Crippen LogP contribution in [0.25, 0.3) is 0 Å². The first kappa shape index (κ1) is 19.0. The van der Waals surface area contributed by atoms with Crippen molar-refractivity contribution in [1.82, 2.24) is 23.5 Å². The fourth-order valence-corrected chi connectivity index (χ4v) is 6.12. The van der Waals surface area contributed by atoms with Gasteiger partial charge in [-0.2, -0.15) is 17.0 Å². The number of rotatable bonds is 4. The molecule has 3 aliphatic heterocycles. The monoisotopic (exact) mass is 394 g/mol. The molecule has 1 atom stereocenters. The third kappa shape index (κ3) is 3.70. The molecule has 8 nitrogen and oxygen atoms in total. The minimum Gasteiger partial charge on any atom is -0.373 e. The Morgan fingerprint density at radius 2 is 1.81 bits per heavy atom. The molecular weight excluding hydrogens is 364 g/mol. The fourth-order valence-electron chi connectivity index (χ4n) is 4.36. The molecule has 0 spiro atoms. The van der Waals surface area contributed by atoms with Crippen LogP contribution < -0.4 is 5.32 Å². The van der Waals surface area contributed by atoms with Gasteiger partial charge in [-0.3, -0.25) is 0 Å². The van der Waals surface area contributed by atoms with Gasteiger partial charge in [-0.15, -0.1) is 0 Å². The largest absolute Gasteiger partial charge is 0.373 e. The van der Waals surface area contributed by atoms with Crippen molar-refractivity contribution in [3.8, 4) is 0 Å². The second kappa shape index (κ2) is 7.62. The number of piperidine rings is 1. The molecular formula is C18H30N6O2S. The first-order valence-electron chi connectivity index (χ1n) is 10.00. The van der Waals surface area contributed by atoms with Gasteiger partial charge in [-0.25, -0.2) is 9.97 Å². The van der Waals surface area contributed by atoms with Gasteiger partial charge in [-0.05, 0) is 26.3 Å². The van der Waals surface area contributed by atoms with Gasteiger partial charge >= 0.3 is 0 Å². The number of nitrogens with zero attached hydrogens (tertiary/aromatic N) is 5.